The molecule has 1 N–H and O–H groups in total. The Labute approximate surface area is 125 Å². The molecule has 0 bridgehead atoms. The molecule has 112 valence electrons. The Morgan fingerprint density at radius 2 is 1.95 bits per heavy atom. The van der Waals surface area contributed by atoms with Crippen molar-refractivity contribution < 1.29 is 9.13 Å². The SMILES string of the molecule is Cc1cc(F)ccc1Oc1ccncc1CNC(C)(C)C. The van der Waals surface area contributed by atoms with Crippen LogP contribution in [-0.4, -0.2) is 10.5 Å². The van der Waals surface area contributed by atoms with Crippen LogP contribution in [0, 0.1) is 12.7 Å². The molecule has 1 aromatic carbocycles. The molecule has 1 aromatic heterocycles. The van der Waals surface area contributed by atoms with Crippen molar-refractivity contribution in [2.24, 2.45) is 0 Å². The number of hydrogen-bond donors (Lipinski definition) is 1. The molecular weight excluding hydrogens is 267 g/mol. The highest BCUT2D eigenvalue weighted by Crippen LogP contribution is 2.28. The van der Waals surface area contributed by atoms with Gasteiger partial charge in [-0.25, -0.2) is 4.39 Å². The molecule has 0 aliphatic carbocycles. The molecule has 0 aliphatic rings. The van der Waals surface area contributed by atoms with E-state index in [9.17, 15) is 4.39 Å². The van der Waals surface area contributed by atoms with Crippen molar-refractivity contribution in [1.29, 1.82) is 0 Å². The Morgan fingerprint density at radius 3 is 2.62 bits per heavy atom. The third-order valence-corrected chi connectivity index (χ3v) is 3.02. The first kappa shape index (κ1) is 15.4. The van der Waals surface area contributed by atoms with E-state index in [0.717, 1.165) is 16.9 Å². The van der Waals surface area contributed by atoms with Crippen LogP contribution in [0.2, 0.25) is 0 Å². The molecule has 1 heterocycles. The number of aryl methyl sites for hydroxylation is 1. The average Bonchev–Trinajstić information content (AvgIpc) is 2.40. The second-order valence-electron chi connectivity index (χ2n) is 6.10. The van der Waals surface area contributed by atoms with Gasteiger partial charge in [-0.3, -0.25) is 4.98 Å². The van der Waals surface area contributed by atoms with Crippen molar-refractivity contribution in [2.45, 2.75) is 39.8 Å². The van der Waals surface area contributed by atoms with E-state index in [0.29, 0.717) is 12.3 Å². The highest BCUT2D eigenvalue weighted by atomic mass is 19.1. The molecule has 0 radical (unpaired) electrons. The summed E-state index contributed by atoms with van der Waals surface area (Å²) in [5.41, 5.74) is 1.75. The van der Waals surface area contributed by atoms with Crippen LogP contribution in [0.15, 0.2) is 36.7 Å². The number of halogens is 1. The van der Waals surface area contributed by atoms with Gasteiger partial charge in [0.1, 0.15) is 17.3 Å². The first-order valence-electron chi connectivity index (χ1n) is 6.97. The molecule has 2 rings (SSSR count). The van der Waals surface area contributed by atoms with Gasteiger partial charge in [-0.1, -0.05) is 0 Å². The lowest BCUT2D eigenvalue weighted by Crippen LogP contribution is -2.35. The Kier molecular flexibility index (Phi) is 4.58. The van der Waals surface area contributed by atoms with Crippen molar-refractivity contribution in [3.63, 3.8) is 0 Å². The number of benzene rings is 1. The van der Waals surface area contributed by atoms with Gasteiger partial charge in [-0.2, -0.15) is 0 Å². The van der Waals surface area contributed by atoms with Gasteiger partial charge >= 0.3 is 0 Å². The predicted molar refractivity (Wildman–Crippen MR) is 82.0 cm³/mol. The van der Waals surface area contributed by atoms with Crippen molar-refractivity contribution in [2.75, 3.05) is 0 Å². The molecule has 3 nitrogen and oxygen atoms in total. The van der Waals surface area contributed by atoms with Crippen LogP contribution >= 0.6 is 0 Å². The number of nitrogens with one attached hydrogen (secondary N) is 1. The monoisotopic (exact) mass is 288 g/mol. The molecule has 0 aliphatic heterocycles. The Bertz CT molecular complexity index is 620. The maximum atomic E-state index is 13.1. The molecule has 0 spiro atoms. The molecule has 0 saturated carbocycles. The van der Waals surface area contributed by atoms with Gasteiger partial charge in [0.05, 0.1) is 0 Å². The van der Waals surface area contributed by atoms with Gasteiger partial charge in [-0.05, 0) is 57.5 Å². The molecular formula is C17H21FN2O. The standard InChI is InChI=1S/C17H21FN2O/c1-12-9-14(18)5-6-15(12)21-16-7-8-19-10-13(16)11-20-17(2,3)4/h5-10,20H,11H2,1-4H3. The van der Waals surface area contributed by atoms with Gasteiger partial charge in [-0.15, -0.1) is 0 Å². The number of hydrogen-bond acceptors (Lipinski definition) is 3. The summed E-state index contributed by atoms with van der Waals surface area (Å²) in [5.74, 6) is 1.13. The van der Waals surface area contributed by atoms with Gasteiger partial charge in [0, 0.05) is 30.0 Å². The third kappa shape index (κ3) is 4.53. The predicted octanol–water partition coefficient (Wildman–Crippen LogP) is 4.21. The van der Waals surface area contributed by atoms with Gasteiger partial charge < -0.3 is 10.1 Å². The minimum absolute atomic E-state index is 0.0128. The minimum Gasteiger partial charge on any atom is -0.457 e. The Hall–Kier alpha value is -1.94. The Morgan fingerprint density at radius 1 is 1.19 bits per heavy atom. The fraction of sp³-hybridized carbons (Fsp3) is 0.353. The minimum atomic E-state index is -0.260. The fourth-order valence-corrected chi connectivity index (χ4v) is 1.85. The van der Waals surface area contributed by atoms with E-state index in [1.54, 1.807) is 18.5 Å². The average molecular weight is 288 g/mol. The summed E-state index contributed by atoms with van der Waals surface area (Å²) in [5, 5.41) is 3.41. The van der Waals surface area contributed by atoms with E-state index in [4.69, 9.17) is 4.74 Å². The lowest BCUT2D eigenvalue weighted by atomic mass is 10.1. The zero-order chi connectivity index (χ0) is 15.5. The fourth-order valence-electron chi connectivity index (χ4n) is 1.85. The van der Waals surface area contributed by atoms with E-state index in [1.165, 1.54) is 12.1 Å². The van der Waals surface area contributed by atoms with Gasteiger partial charge in [0.2, 0.25) is 0 Å². The number of ether oxygens (including phenoxy) is 1. The van der Waals surface area contributed by atoms with Crippen LogP contribution in [0.5, 0.6) is 11.5 Å². The van der Waals surface area contributed by atoms with Crippen LogP contribution in [0.4, 0.5) is 4.39 Å². The summed E-state index contributed by atoms with van der Waals surface area (Å²) in [6, 6.07) is 6.33. The number of aromatic nitrogens is 1. The molecule has 21 heavy (non-hydrogen) atoms. The first-order valence-corrected chi connectivity index (χ1v) is 6.97. The van der Waals surface area contributed by atoms with Crippen LogP contribution in [0.3, 0.4) is 0 Å². The third-order valence-electron chi connectivity index (χ3n) is 3.02. The summed E-state index contributed by atoms with van der Waals surface area (Å²) in [6.07, 6.45) is 3.47. The van der Waals surface area contributed by atoms with Crippen LogP contribution in [0.25, 0.3) is 0 Å². The van der Waals surface area contributed by atoms with E-state index in [-0.39, 0.29) is 11.4 Å². The smallest absolute Gasteiger partial charge is 0.135 e. The van der Waals surface area contributed by atoms with E-state index >= 15 is 0 Å². The summed E-state index contributed by atoms with van der Waals surface area (Å²) < 4.78 is 19.1. The maximum Gasteiger partial charge on any atom is 0.135 e. The second kappa shape index (κ2) is 6.22. The summed E-state index contributed by atoms with van der Waals surface area (Å²) >= 11 is 0. The van der Waals surface area contributed by atoms with Crippen molar-refractivity contribution >= 4 is 0 Å². The van der Waals surface area contributed by atoms with Crippen LogP contribution in [-0.2, 0) is 6.54 Å². The number of rotatable bonds is 4. The van der Waals surface area contributed by atoms with Gasteiger partial charge in [0.15, 0.2) is 0 Å². The number of pyridine rings is 1. The molecule has 2 aromatic rings. The largest absolute Gasteiger partial charge is 0.457 e. The molecule has 0 saturated heterocycles. The Balaban J connectivity index is 2.20. The van der Waals surface area contributed by atoms with E-state index in [1.807, 2.05) is 13.0 Å². The van der Waals surface area contributed by atoms with E-state index in [2.05, 4.69) is 31.1 Å². The lowest BCUT2D eigenvalue weighted by Gasteiger charge is -2.21. The summed E-state index contributed by atoms with van der Waals surface area (Å²) in [7, 11) is 0. The maximum absolute atomic E-state index is 13.1. The molecule has 0 fully saturated rings. The summed E-state index contributed by atoms with van der Waals surface area (Å²) in [6.45, 7) is 8.80. The zero-order valence-electron chi connectivity index (χ0n) is 12.9. The second-order valence-corrected chi connectivity index (χ2v) is 6.10. The van der Waals surface area contributed by atoms with Crippen LogP contribution < -0.4 is 10.1 Å². The van der Waals surface area contributed by atoms with E-state index < -0.39 is 0 Å². The quantitative estimate of drug-likeness (QED) is 0.915. The lowest BCUT2D eigenvalue weighted by molar-refractivity contribution is 0.413. The molecule has 0 amide bonds. The first-order chi connectivity index (χ1) is 9.85. The van der Waals surface area contributed by atoms with Crippen LogP contribution in [0.1, 0.15) is 31.9 Å². The normalized spacial score (nSPS) is 11.5. The van der Waals surface area contributed by atoms with Crippen molar-refractivity contribution in [1.82, 2.24) is 10.3 Å². The highest BCUT2D eigenvalue weighted by molar-refractivity contribution is 5.39. The summed E-state index contributed by atoms with van der Waals surface area (Å²) in [4.78, 5) is 4.14. The zero-order valence-corrected chi connectivity index (χ0v) is 12.9. The molecule has 0 unspecified atom stereocenters. The van der Waals surface area contributed by atoms with Crippen molar-refractivity contribution in [3.8, 4) is 11.5 Å². The van der Waals surface area contributed by atoms with Gasteiger partial charge in [0.25, 0.3) is 0 Å². The highest BCUT2D eigenvalue weighted by Gasteiger charge is 2.12. The molecule has 4 heteroatoms. The van der Waals surface area contributed by atoms with Crippen molar-refractivity contribution in [3.05, 3.63) is 53.6 Å². The number of nitrogens with zero attached hydrogens (tertiary/aromatic N) is 1. The topological polar surface area (TPSA) is 34.1 Å². The molecule has 0 atom stereocenters.